The van der Waals surface area contributed by atoms with Gasteiger partial charge >= 0.3 is 12.0 Å². The van der Waals surface area contributed by atoms with Gasteiger partial charge in [0.2, 0.25) is 5.76 Å². The normalized spacial score (nSPS) is 21.2. The number of esters is 1. The minimum Gasteiger partial charge on any atom is -0.457 e. The summed E-state index contributed by atoms with van der Waals surface area (Å²) < 4.78 is 10.9. The molecule has 1 saturated carbocycles. The molecule has 122 valence electrons. The monoisotopic (exact) mass is 308 g/mol. The molecule has 0 bridgehead atoms. The first-order chi connectivity index (χ1) is 10.6. The van der Waals surface area contributed by atoms with Crippen LogP contribution in [0.15, 0.2) is 16.5 Å². The van der Waals surface area contributed by atoms with E-state index in [1.54, 1.807) is 12.1 Å². The zero-order chi connectivity index (χ0) is 15.9. The summed E-state index contributed by atoms with van der Waals surface area (Å²) in [5, 5.41) is 5.64. The predicted octanol–water partition coefficient (Wildman–Crippen LogP) is 2.63. The van der Waals surface area contributed by atoms with Crippen LogP contribution in [0.25, 0.3) is 0 Å². The van der Waals surface area contributed by atoms with Gasteiger partial charge in [0, 0.05) is 19.0 Å². The van der Waals surface area contributed by atoms with Crippen molar-refractivity contribution in [2.24, 2.45) is 0 Å². The standard InChI is InChI=1S/C16H24N2O4/c1-3-12-9-10-14(21-12)15(19)22-13-7-5-11(6-8-13)18-16(20)17-4-2/h9-11,13H,3-8H2,1-2H3,(H2,17,18,20). The summed E-state index contributed by atoms with van der Waals surface area (Å²) in [6, 6.07) is 3.47. The fourth-order valence-electron chi connectivity index (χ4n) is 2.61. The first kappa shape index (κ1) is 16.4. The van der Waals surface area contributed by atoms with Gasteiger partial charge in [-0.2, -0.15) is 0 Å². The Morgan fingerprint density at radius 1 is 1.23 bits per heavy atom. The Morgan fingerprint density at radius 3 is 2.55 bits per heavy atom. The van der Waals surface area contributed by atoms with Gasteiger partial charge in [-0.1, -0.05) is 6.92 Å². The van der Waals surface area contributed by atoms with Gasteiger partial charge in [-0.25, -0.2) is 9.59 Å². The van der Waals surface area contributed by atoms with E-state index in [4.69, 9.17) is 9.15 Å². The highest BCUT2D eigenvalue weighted by Gasteiger charge is 2.26. The van der Waals surface area contributed by atoms with Crippen LogP contribution in [0.1, 0.15) is 55.8 Å². The van der Waals surface area contributed by atoms with Crippen LogP contribution in [0.3, 0.4) is 0 Å². The molecule has 0 atom stereocenters. The van der Waals surface area contributed by atoms with Crippen molar-refractivity contribution < 1.29 is 18.7 Å². The molecule has 0 unspecified atom stereocenters. The van der Waals surface area contributed by atoms with Crippen LogP contribution in [0.2, 0.25) is 0 Å². The molecular weight excluding hydrogens is 284 g/mol. The highest BCUT2D eigenvalue weighted by molar-refractivity contribution is 5.86. The molecule has 6 heteroatoms. The van der Waals surface area contributed by atoms with Crippen molar-refractivity contribution in [2.75, 3.05) is 6.54 Å². The molecule has 0 aliphatic heterocycles. The van der Waals surface area contributed by atoms with Gasteiger partial charge in [0.15, 0.2) is 0 Å². The van der Waals surface area contributed by atoms with Crippen molar-refractivity contribution in [2.45, 2.75) is 58.1 Å². The number of carbonyl (C=O) groups excluding carboxylic acids is 2. The molecule has 1 aliphatic rings. The number of ether oxygens (including phenoxy) is 1. The molecule has 1 fully saturated rings. The lowest BCUT2D eigenvalue weighted by Gasteiger charge is -2.28. The van der Waals surface area contributed by atoms with E-state index in [0.717, 1.165) is 37.9 Å². The van der Waals surface area contributed by atoms with Crippen molar-refractivity contribution in [1.82, 2.24) is 10.6 Å². The van der Waals surface area contributed by atoms with Gasteiger partial charge in [-0.3, -0.25) is 0 Å². The average Bonchev–Trinajstić information content (AvgIpc) is 2.98. The number of urea groups is 1. The van der Waals surface area contributed by atoms with Crippen LogP contribution in [-0.2, 0) is 11.2 Å². The Balaban J connectivity index is 1.75. The first-order valence-electron chi connectivity index (χ1n) is 7.96. The summed E-state index contributed by atoms with van der Waals surface area (Å²) in [4.78, 5) is 23.5. The largest absolute Gasteiger partial charge is 0.457 e. The molecule has 1 aromatic heterocycles. The first-order valence-corrected chi connectivity index (χ1v) is 7.96. The summed E-state index contributed by atoms with van der Waals surface area (Å²) in [5.41, 5.74) is 0. The van der Waals surface area contributed by atoms with Gasteiger partial charge in [-0.05, 0) is 44.7 Å². The highest BCUT2D eigenvalue weighted by atomic mass is 16.6. The molecular formula is C16H24N2O4. The van der Waals surface area contributed by atoms with Crippen molar-refractivity contribution in [1.29, 1.82) is 0 Å². The minimum atomic E-state index is -0.403. The lowest BCUT2D eigenvalue weighted by Crippen LogP contribution is -2.44. The summed E-state index contributed by atoms with van der Waals surface area (Å²) in [7, 11) is 0. The van der Waals surface area contributed by atoms with Crippen LogP contribution >= 0.6 is 0 Å². The maximum Gasteiger partial charge on any atom is 0.374 e. The van der Waals surface area contributed by atoms with E-state index in [1.165, 1.54) is 0 Å². The Hall–Kier alpha value is -1.98. The van der Waals surface area contributed by atoms with E-state index in [1.807, 2.05) is 13.8 Å². The minimum absolute atomic E-state index is 0.102. The SMILES string of the molecule is CCNC(=O)NC1CCC(OC(=O)c2ccc(CC)o2)CC1. The van der Waals surface area contributed by atoms with Gasteiger partial charge < -0.3 is 19.8 Å². The van der Waals surface area contributed by atoms with E-state index >= 15 is 0 Å². The molecule has 1 heterocycles. The predicted molar refractivity (Wildman–Crippen MR) is 81.8 cm³/mol. The van der Waals surface area contributed by atoms with Gasteiger partial charge in [0.1, 0.15) is 11.9 Å². The molecule has 1 aliphatic carbocycles. The molecule has 2 rings (SSSR count). The van der Waals surface area contributed by atoms with E-state index in [2.05, 4.69) is 10.6 Å². The van der Waals surface area contributed by atoms with Crippen LogP contribution in [-0.4, -0.2) is 30.7 Å². The van der Waals surface area contributed by atoms with Crippen LogP contribution in [0.4, 0.5) is 4.79 Å². The fourth-order valence-corrected chi connectivity index (χ4v) is 2.61. The quantitative estimate of drug-likeness (QED) is 0.819. The number of furan rings is 1. The smallest absolute Gasteiger partial charge is 0.374 e. The zero-order valence-corrected chi connectivity index (χ0v) is 13.2. The maximum absolute atomic E-state index is 12.0. The van der Waals surface area contributed by atoms with Gasteiger partial charge in [0.05, 0.1) is 0 Å². The Morgan fingerprint density at radius 2 is 1.95 bits per heavy atom. The molecule has 6 nitrogen and oxygen atoms in total. The molecule has 1 aromatic rings. The Kier molecular flexibility index (Phi) is 5.86. The van der Waals surface area contributed by atoms with Crippen molar-refractivity contribution in [3.05, 3.63) is 23.7 Å². The lowest BCUT2D eigenvalue weighted by molar-refractivity contribution is 0.0153. The summed E-state index contributed by atoms with van der Waals surface area (Å²) in [6.07, 6.45) is 3.79. The molecule has 0 spiro atoms. The van der Waals surface area contributed by atoms with Crippen LogP contribution < -0.4 is 10.6 Å². The maximum atomic E-state index is 12.0. The number of aryl methyl sites for hydroxylation is 1. The van der Waals surface area contributed by atoms with E-state index in [0.29, 0.717) is 6.54 Å². The van der Waals surface area contributed by atoms with Gasteiger partial charge in [-0.15, -0.1) is 0 Å². The Bertz CT molecular complexity index is 504. The van der Waals surface area contributed by atoms with Gasteiger partial charge in [0.25, 0.3) is 0 Å². The third kappa shape index (κ3) is 4.51. The second kappa shape index (κ2) is 7.87. The van der Waals surface area contributed by atoms with Crippen LogP contribution in [0.5, 0.6) is 0 Å². The zero-order valence-electron chi connectivity index (χ0n) is 13.2. The number of rotatable bonds is 5. The third-order valence-corrected chi connectivity index (χ3v) is 3.83. The van der Waals surface area contributed by atoms with Crippen molar-refractivity contribution >= 4 is 12.0 Å². The summed E-state index contributed by atoms with van der Waals surface area (Å²) in [6.45, 7) is 4.47. The second-order valence-electron chi connectivity index (χ2n) is 5.50. The topological polar surface area (TPSA) is 80.6 Å². The van der Waals surface area contributed by atoms with Crippen LogP contribution in [0, 0.1) is 0 Å². The summed E-state index contributed by atoms with van der Waals surface area (Å²) >= 11 is 0. The van der Waals surface area contributed by atoms with E-state index < -0.39 is 5.97 Å². The molecule has 0 radical (unpaired) electrons. The molecule has 22 heavy (non-hydrogen) atoms. The number of nitrogens with one attached hydrogen (secondary N) is 2. The molecule has 0 saturated heterocycles. The molecule has 2 N–H and O–H groups in total. The molecule has 2 amide bonds. The fraction of sp³-hybridized carbons (Fsp3) is 0.625. The van der Waals surface area contributed by atoms with E-state index in [9.17, 15) is 9.59 Å². The number of amides is 2. The molecule has 0 aromatic carbocycles. The second-order valence-corrected chi connectivity index (χ2v) is 5.50. The number of hydrogen-bond acceptors (Lipinski definition) is 4. The Labute approximate surface area is 130 Å². The van der Waals surface area contributed by atoms with Crippen molar-refractivity contribution in [3.63, 3.8) is 0 Å². The lowest BCUT2D eigenvalue weighted by atomic mass is 9.93. The average molecular weight is 308 g/mol. The number of carbonyl (C=O) groups is 2. The van der Waals surface area contributed by atoms with E-state index in [-0.39, 0.29) is 23.9 Å². The van der Waals surface area contributed by atoms with Crippen molar-refractivity contribution in [3.8, 4) is 0 Å². The number of hydrogen-bond donors (Lipinski definition) is 2. The highest BCUT2D eigenvalue weighted by Crippen LogP contribution is 2.22. The summed E-state index contributed by atoms with van der Waals surface area (Å²) in [5.74, 6) is 0.640. The third-order valence-electron chi connectivity index (χ3n) is 3.83.